The van der Waals surface area contributed by atoms with Gasteiger partial charge in [0.05, 0.1) is 0 Å². The van der Waals surface area contributed by atoms with Crippen molar-refractivity contribution in [3.63, 3.8) is 0 Å². The molecule has 746 valence electrons. The second kappa shape index (κ2) is 56.9. The normalized spacial score (nSPS) is 14.9. The molecular weight excluding hydrogens is 2500 g/mol. The van der Waals surface area contributed by atoms with Crippen molar-refractivity contribution in [2.75, 3.05) is 0 Å². The molecular formula is C135H122Ir4N8-8. The minimum Gasteiger partial charge on any atom is -0.305 e. The van der Waals surface area contributed by atoms with Crippen LogP contribution in [-0.4, -0.2) is 39.9 Å². The minimum atomic E-state index is -2.19. The Morgan fingerprint density at radius 1 is 0.265 bits per heavy atom. The summed E-state index contributed by atoms with van der Waals surface area (Å²) in [6.07, 6.45) is 19.0. The van der Waals surface area contributed by atoms with E-state index in [0.29, 0.717) is 45.5 Å². The van der Waals surface area contributed by atoms with Gasteiger partial charge in [0, 0.05) is 149 Å². The molecule has 2 bridgehead atoms. The minimum absolute atomic E-state index is 0. The Kier molecular flexibility index (Phi) is 36.6. The summed E-state index contributed by atoms with van der Waals surface area (Å²) in [4.78, 5) is 35.0. The van der Waals surface area contributed by atoms with Crippen LogP contribution in [0.25, 0.3) is 135 Å². The van der Waals surface area contributed by atoms with Gasteiger partial charge in [-0.05, 0) is 252 Å². The van der Waals surface area contributed by atoms with E-state index in [2.05, 4.69) is 276 Å². The summed E-state index contributed by atoms with van der Waals surface area (Å²) < 4.78 is 105. The van der Waals surface area contributed by atoms with Crippen molar-refractivity contribution in [2.45, 2.75) is 141 Å². The first-order valence-corrected chi connectivity index (χ1v) is 48.0. The molecule has 12 aromatic carbocycles. The Morgan fingerprint density at radius 2 is 0.592 bits per heavy atom. The molecule has 8 aromatic heterocycles. The first-order chi connectivity index (χ1) is 75.1. The molecule has 12 heteroatoms. The van der Waals surface area contributed by atoms with Gasteiger partial charge in [-0.2, -0.15) is 0 Å². The predicted octanol–water partition coefficient (Wildman–Crippen LogP) is 34.1. The van der Waals surface area contributed by atoms with E-state index in [4.69, 9.17) is 19.2 Å². The van der Waals surface area contributed by atoms with Crippen LogP contribution in [0.2, 0.25) is 0 Å². The number of aromatic nitrogens is 8. The number of nitrogens with zero attached hydrogens (tertiary/aromatic N) is 8. The van der Waals surface area contributed by atoms with Crippen LogP contribution in [0.4, 0.5) is 0 Å². The van der Waals surface area contributed by atoms with Crippen LogP contribution in [0, 0.1) is 150 Å². The van der Waals surface area contributed by atoms with E-state index in [1.54, 1.807) is 38.1 Å². The zero-order chi connectivity index (χ0) is 112. The van der Waals surface area contributed by atoms with E-state index in [-0.39, 0.29) is 109 Å². The summed E-state index contributed by atoms with van der Waals surface area (Å²) in [7, 11) is 0. The molecule has 8 heterocycles. The zero-order valence-electron chi connectivity index (χ0n) is 97.9. The second-order valence-electron chi connectivity index (χ2n) is 35.8. The average molecular weight is 2640 g/mol. The van der Waals surface area contributed by atoms with Crippen molar-refractivity contribution in [1.29, 1.82) is 0 Å². The van der Waals surface area contributed by atoms with Crippen molar-refractivity contribution in [3.8, 4) is 135 Å². The molecule has 2 aliphatic carbocycles. The predicted molar refractivity (Wildman–Crippen MR) is 594 cm³/mol. The van der Waals surface area contributed by atoms with Gasteiger partial charge >= 0.3 is 0 Å². The number of fused-ring (bicyclic) bond motifs is 2. The topological polar surface area (TPSA) is 103 Å². The molecule has 20 aromatic rings. The average Bonchev–Trinajstić information content (AvgIpc) is 0.719. The third-order valence-corrected chi connectivity index (χ3v) is 24.9. The summed E-state index contributed by atoms with van der Waals surface area (Å²) in [6.45, 7) is 13.0. The maximum atomic E-state index is 9.02. The summed E-state index contributed by atoms with van der Waals surface area (Å²) in [5.74, 6) is 0.224. The zero-order valence-corrected chi connectivity index (χ0v) is 93.5. The molecule has 4 radical (unpaired) electrons. The van der Waals surface area contributed by atoms with Gasteiger partial charge in [-0.3, -0.25) is 0 Å². The van der Waals surface area contributed by atoms with Gasteiger partial charge in [0.25, 0.3) is 0 Å². The van der Waals surface area contributed by atoms with Crippen LogP contribution in [0.1, 0.15) is 154 Å². The van der Waals surface area contributed by atoms with Crippen LogP contribution in [0.3, 0.4) is 0 Å². The van der Waals surface area contributed by atoms with Crippen molar-refractivity contribution >= 4 is 0 Å². The monoisotopic (exact) mass is 2640 g/mol. The number of benzene rings is 12. The van der Waals surface area contributed by atoms with Crippen LogP contribution >= 0.6 is 0 Å². The summed E-state index contributed by atoms with van der Waals surface area (Å²) in [6, 6.07) is 138. The summed E-state index contributed by atoms with van der Waals surface area (Å²) in [5, 5.41) is 0. The number of rotatable bonds is 14. The van der Waals surface area contributed by atoms with E-state index in [0.717, 1.165) is 89.8 Å². The van der Waals surface area contributed by atoms with Gasteiger partial charge in [-0.15, -0.1) is 285 Å². The third kappa shape index (κ3) is 32.5. The number of pyridine rings is 8. The van der Waals surface area contributed by atoms with Crippen LogP contribution < -0.4 is 0 Å². The van der Waals surface area contributed by atoms with E-state index in [1.807, 2.05) is 210 Å². The fourth-order valence-electron chi connectivity index (χ4n) is 16.5. The fraction of sp³-hybridized carbons (Fsp3) is 0.170. The molecule has 22 rings (SSSR count). The Morgan fingerprint density at radius 3 is 0.918 bits per heavy atom. The molecule has 2 atom stereocenters. The molecule has 0 aliphatic heterocycles. The smallest absolute Gasteiger partial charge is 0.0358 e. The van der Waals surface area contributed by atoms with Gasteiger partial charge in [-0.1, -0.05) is 228 Å². The summed E-state index contributed by atoms with van der Waals surface area (Å²) >= 11 is 0. The Hall–Kier alpha value is -13.6. The molecule has 2 unspecified atom stereocenters. The van der Waals surface area contributed by atoms with E-state index in [1.165, 1.54) is 135 Å². The van der Waals surface area contributed by atoms with Crippen LogP contribution in [0.5, 0.6) is 0 Å². The molecule has 0 N–H and O–H groups in total. The van der Waals surface area contributed by atoms with Crippen molar-refractivity contribution < 1.29 is 99.6 Å². The van der Waals surface area contributed by atoms with E-state index in [9.17, 15) is 0 Å². The fourth-order valence-corrected chi connectivity index (χ4v) is 16.5. The van der Waals surface area contributed by atoms with Gasteiger partial charge < -0.3 is 39.9 Å². The Bertz CT molecular complexity index is 7770. The maximum absolute atomic E-state index is 9.02. The Balaban J connectivity index is 0.000000173. The maximum Gasteiger partial charge on any atom is 0.0358 e. The molecule has 147 heavy (non-hydrogen) atoms. The molecule has 2 saturated carbocycles. The van der Waals surface area contributed by atoms with Gasteiger partial charge in [0.15, 0.2) is 0 Å². The largest absolute Gasteiger partial charge is 0.305 e. The second-order valence-corrected chi connectivity index (χ2v) is 35.8. The standard InChI is InChI=1S/C24H22N.C20H18N.2C18H14N.3C14H14N.C13H12N.4Ir/c1-2-5-18(6-3-1)23-16-20(13-14-25-23)17-9-11-19(12-10-17)24-21-7-4-8-22(24)15-21;1-15(2)16-8-10-17(11-9-16)19-12-13-21-20(14-19)18-6-4-3-5-7-18;2*1-14-13-19-18(16-10-6-3-7-11-16)12-17(14)15-8-4-2-5-9-15;3*1-10-4-6-13(7-5-10)14-8-11(2)12(3)9-15-14;1-10-3-6-12(7-4-10)13-8-5-11(2)9-14-13;;;;/h1-3,5,9-14,16,21-22,24H,4,7-8,15H2;3-6,8-15H,1-2H3;2*2-10,12-13H,1H3;3*4-6,8-9H,1-3H3;3-6,8-9H,1-2H3;;;;/q8*-1;;;;/i24D;15D;;;2*1D3,3D3;;;;;;. The molecule has 8 nitrogen and oxygen atoms in total. The Labute approximate surface area is 946 Å². The van der Waals surface area contributed by atoms with Crippen LogP contribution in [0.15, 0.2) is 395 Å². The SMILES string of the molecule is Cc1c[c-]c(-c2cc(C)c(C)cn2)cc1.Cc1c[c-]c(-c2ccc(C)cn2)cc1.Cc1cnc(-c2[c-]cccc2)cc1-c1ccccc1.Cc1cnc(-c2[c-]cccc2)cc1-c1ccccc1.[2H]C(C)(C)c1ccc(-c2ccnc(-c3[c-]cccc3)c2)cc1.[2H]C([2H])([2H])c1c[c-]c(-c2cc(C)c(C([2H])([2H])[2H])cn2)cc1.[2H]C([2H])([2H])c1c[c-]c(-c2cc(C)c(C([2H])([2H])[2H])cn2)cc1.[2H]C1(c2ccc(-c3ccnc(-c4[c-]cccc4)c3)cc2)C2CCCC1C2.[Ir].[Ir].[Ir].[Ir]. The molecule has 2 fully saturated rings. The molecule has 0 amide bonds. The summed E-state index contributed by atoms with van der Waals surface area (Å²) in [5.41, 5.74) is 36.6. The van der Waals surface area contributed by atoms with Crippen molar-refractivity contribution in [2.24, 2.45) is 11.8 Å². The van der Waals surface area contributed by atoms with Gasteiger partial charge in [0.1, 0.15) is 0 Å². The van der Waals surface area contributed by atoms with E-state index < -0.39 is 33.3 Å². The number of hydrogen-bond donors (Lipinski definition) is 0. The first-order valence-electron chi connectivity index (χ1n) is 55.0. The van der Waals surface area contributed by atoms with Gasteiger partial charge in [-0.25, -0.2) is 0 Å². The van der Waals surface area contributed by atoms with Crippen LogP contribution in [-0.2, 0) is 80.4 Å². The van der Waals surface area contributed by atoms with E-state index >= 15 is 0 Å². The first kappa shape index (κ1) is 94.4. The quantitative estimate of drug-likeness (QED) is 0.0992. The number of aryl methyl sites for hydroxylation is 13. The van der Waals surface area contributed by atoms with Crippen molar-refractivity contribution in [1.82, 2.24) is 39.9 Å². The van der Waals surface area contributed by atoms with Crippen molar-refractivity contribution in [3.05, 3.63) is 527 Å². The molecule has 2 aliphatic rings. The molecule has 0 spiro atoms. The third-order valence-electron chi connectivity index (χ3n) is 24.9. The molecule has 0 saturated heterocycles. The number of hydrogen-bond acceptors (Lipinski definition) is 8. The van der Waals surface area contributed by atoms with Gasteiger partial charge in [0.2, 0.25) is 0 Å².